The van der Waals surface area contributed by atoms with E-state index in [1.807, 2.05) is 0 Å². The van der Waals surface area contributed by atoms with Crippen molar-refractivity contribution in [2.45, 2.75) is 31.4 Å². The molecule has 0 saturated heterocycles. The van der Waals surface area contributed by atoms with Gasteiger partial charge in [-0.15, -0.1) is 0 Å². The van der Waals surface area contributed by atoms with Gasteiger partial charge in [0.15, 0.2) is 0 Å². The summed E-state index contributed by atoms with van der Waals surface area (Å²) in [5.74, 6) is 0. The van der Waals surface area contributed by atoms with Crippen molar-refractivity contribution in [3.8, 4) is 0 Å². The Morgan fingerprint density at radius 1 is 1.62 bits per heavy atom. The standard InChI is InChI=1S/C6H14N.Li/c1-4-5-7-6(2)3;/h6-7H,2,4-5H2,1,3H3;. The van der Waals surface area contributed by atoms with E-state index in [1.165, 1.54) is 11.5 Å². The van der Waals surface area contributed by atoms with Gasteiger partial charge in [-0.25, -0.2) is 0 Å². The van der Waals surface area contributed by atoms with Crippen LogP contribution < -0.4 is 5.32 Å². The summed E-state index contributed by atoms with van der Waals surface area (Å²) in [6, 6.07) is 0.704. The van der Waals surface area contributed by atoms with Crippen LogP contribution in [0.1, 0.15) is 20.3 Å². The number of nitrogens with one attached hydrogen (secondary N) is 1. The van der Waals surface area contributed by atoms with Crippen molar-refractivity contribution in [1.29, 1.82) is 0 Å². The van der Waals surface area contributed by atoms with Crippen LogP contribution in [0.2, 0.25) is 5.09 Å². The van der Waals surface area contributed by atoms with Crippen molar-refractivity contribution >= 4 is 17.7 Å². The summed E-state index contributed by atoms with van der Waals surface area (Å²) in [6.45, 7) is 5.57. The van der Waals surface area contributed by atoms with E-state index in [4.69, 9.17) is 0 Å². The normalized spacial score (nSPS) is 14.0. The zero-order valence-electron chi connectivity index (χ0n) is 6.20. The first kappa shape index (κ1) is 8.56. The Balaban J connectivity index is 2.86. The SMILES string of the molecule is [Li][CH2]C(C)NCCC. The van der Waals surface area contributed by atoms with Gasteiger partial charge in [-0.3, -0.25) is 0 Å². The van der Waals surface area contributed by atoms with Crippen molar-refractivity contribution < 1.29 is 0 Å². The zero-order chi connectivity index (χ0) is 6.41. The molecule has 0 saturated carbocycles. The molecule has 8 heavy (non-hydrogen) atoms. The summed E-state index contributed by atoms with van der Waals surface area (Å²) >= 11 is 2.20. The molecule has 0 radical (unpaired) electrons. The minimum absolute atomic E-state index is 0.704. The fourth-order valence-corrected chi connectivity index (χ4v) is 0.535. The number of rotatable bonds is 4. The molecule has 0 aromatic carbocycles. The van der Waals surface area contributed by atoms with Crippen LogP contribution in [0.5, 0.6) is 0 Å². The van der Waals surface area contributed by atoms with E-state index in [9.17, 15) is 0 Å². The fraction of sp³-hybridized carbons (Fsp3) is 1.00. The van der Waals surface area contributed by atoms with Gasteiger partial charge in [-0.2, -0.15) is 0 Å². The Bertz CT molecular complexity index is 47.8. The Labute approximate surface area is 61.4 Å². The predicted octanol–water partition coefficient (Wildman–Crippen LogP) is 0.961. The molecule has 0 aliphatic carbocycles. The quantitative estimate of drug-likeness (QED) is 0.527. The molecule has 0 aliphatic rings. The van der Waals surface area contributed by atoms with Crippen LogP contribution in [0, 0.1) is 0 Å². The van der Waals surface area contributed by atoms with Gasteiger partial charge in [0.1, 0.15) is 0 Å². The van der Waals surface area contributed by atoms with E-state index in [-0.39, 0.29) is 0 Å². The summed E-state index contributed by atoms with van der Waals surface area (Å²) in [5.41, 5.74) is 0. The van der Waals surface area contributed by atoms with Crippen molar-refractivity contribution in [3.05, 3.63) is 0 Å². The average Bonchev–Trinajstić information content (AvgIpc) is 1.83. The second-order valence-electron chi connectivity index (χ2n) is 2.26. The van der Waals surface area contributed by atoms with E-state index in [0.717, 1.165) is 6.54 Å². The van der Waals surface area contributed by atoms with Gasteiger partial charge >= 0.3 is 61.0 Å². The molecule has 0 fully saturated rings. The van der Waals surface area contributed by atoms with Crippen LogP contribution in [0.3, 0.4) is 0 Å². The molecule has 0 amide bonds. The van der Waals surface area contributed by atoms with Gasteiger partial charge in [-0.1, -0.05) is 0 Å². The van der Waals surface area contributed by atoms with Crippen LogP contribution in [0.15, 0.2) is 0 Å². The van der Waals surface area contributed by atoms with E-state index < -0.39 is 0 Å². The molecule has 0 aromatic rings. The molecule has 44 valence electrons. The summed E-state index contributed by atoms with van der Waals surface area (Å²) in [7, 11) is 0. The second kappa shape index (κ2) is 5.69. The average molecular weight is 107 g/mol. The van der Waals surface area contributed by atoms with Gasteiger partial charge < -0.3 is 0 Å². The van der Waals surface area contributed by atoms with E-state index in [0.29, 0.717) is 6.04 Å². The molecule has 1 unspecified atom stereocenters. The molecular formula is C6H14LiN. The second-order valence-corrected chi connectivity index (χ2v) is 2.26. The Hall–Kier alpha value is 0.557. The van der Waals surface area contributed by atoms with E-state index >= 15 is 0 Å². The molecule has 0 heterocycles. The van der Waals surface area contributed by atoms with Crippen LogP contribution >= 0.6 is 0 Å². The first-order valence-electron chi connectivity index (χ1n) is 3.54. The van der Waals surface area contributed by atoms with Crippen LogP contribution in [-0.2, 0) is 0 Å². The van der Waals surface area contributed by atoms with Gasteiger partial charge in [0, 0.05) is 0 Å². The maximum atomic E-state index is 3.38. The Morgan fingerprint density at radius 2 is 2.25 bits per heavy atom. The van der Waals surface area contributed by atoms with Crippen molar-refractivity contribution in [2.75, 3.05) is 6.54 Å². The molecule has 1 atom stereocenters. The summed E-state index contributed by atoms with van der Waals surface area (Å²) in [6.07, 6.45) is 1.24. The van der Waals surface area contributed by atoms with E-state index in [2.05, 4.69) is 36.9 Å². The van der Waals surface area contributed by atoms with Crippen LogP contribution in [0.25, 0.3) is 0 Å². The van der Waals surface area contributed by atoms with Gasteiger partial charge in [0.2, 0.25) is 0 Å². The van der Waals surface area contributed by atoms with Crippen molar-refractivity contribution in [2.24, 2.45) is 0 Å². The third-order valence-electron chi connectivity index (χ3n) is 1.36. The van der Waals surface area contributed by atoms with Crippen molar-refractivity contribution in [1.82, 2.24) is 5.32 Å². The third-order valence-corrected chi connectivity index (χ3v) is 1.36. The maximum absolute atomic E-state index is 3.38. The monoisotopic (exact) mass is 107 g/mol. The molecule has 0 spiro atoms. The molecule has 1 N–H and O–H groups in total. The minimum atomic E-state index is 0.704. The Morgan fingerprint density at radius 3 is 2.62 bits per heavy atom. The number of hydrogen-bond donors (Lipinski definition) is 1. The predicted molar refractivity (Wildman–Crippen MR) is 38.3 cm³/mol. The van der Waals surface area contributed by atoms with Crippen molar-refractivity contribution in [3.63, 3.8) is 0 Å². The molecule has 0 bridgehead atoms. The fourth-order valence-electron chi connectivity index (χ4n) is 0.535. The topological polar surface area (TPSA) is 12.0 Å². The zero-order valence-corrected chi connectivity index (χ0v) is 6.20. The first-order valence-corrected chi connectivity index (χ1v) is 3.54. The molecule has 0 rings (SSSR count). The number of hydrogen-bond acceptors (Lipinski definition) is 1. The third kappa shape index (κ3) is 4.71. The van der Waals surface area contributed by atoms with Crippen LogP contribution in [-0.4, -0.2) is 30.3 Å². The molecule has 0 aliphatic heterocycles. The van der Waals surface area contributed by atoms with Gasteiger partial charge in [0.25, 0.3) is 0 Å². The molecule has 2 heteroatoms. The first-order chi connectivity index (χ1) is 3.81. The van der Waals surface area contributed by atoms with Gasteiger partial charge in [-0.05, 0) is 0 Å². The van der Waals surface area contributed by atoms with Crippen LogP contribution in [0.4, 0.5) is 0 Å². The molecular weight excluding hydrogens is 93.0 g/mol. The molecule has 0 aromatic heterocycles. The Kier molecular flexibility index (Phi) is 6.09. The summed E-state index contributed by atoms with van der Waals surface area (Å²) < 4.78 is 0. The van der Waals surface area contributed by atoms with E-state index in [1.54, 1.807) is 0 Å². The van der Waals surface area contributed by atoms with Gasteiger partial charge in [0.05, 0.1) is 0 Å². The molecule has 1 nitrogen and oxygen atoms in total. The summed E-state index contributed by atoms with van der Waals surface area (Å²) in [5, 5.41) is 4.62. The summed E-state index contributed by atoms with van der Waals surface area (Å²) in [4.78, 5) is 0.